The van der Waals surface area contributed by atoms with E-state index in [2.05, 4.69) is 0 Å². The normalized spacial score (nSPS) is 25.2. The first-order valence-electron chi connectivity index (χ1n) is 11.0. The first-order valence-corrected chi connectivity index (χ1v) is 11.0. The largest absolute Gasteiger partial charge is 0.426 e. The van der Waals surface area contributed by atoms with Gasteiger partial charge in [-0.1, -0.05) is 30.3 Å². The fraction of sp³-hybridized carbons (Fsp3) is 0.480. The van der Waals surface area contributed by atoms with Crippen LogP contribution >= 0.6 is 0 Å². The summed E-state index contributed by atoms with van der Waals surface area (Å²) in [6.45, 7) is 2.32. The number of aliphatic hydroxyl groups is 1. The average Bonchev–Trinajstić information content (AvgIpc) is 3.12. The van der Waals surface area contributed by atoms with E-state index in [-0.39, 0.29) is 11.9 Å². The van der Waals surface area contributed by atoms with Crippen molar-refractivity contribution >= 4 is 5.91 Å². The smallest absolute Gasteiger partial charge is 0.384 e. The molecule has 33 heavy (non-hydrogen) atoms. The van der Waals surface area contributed by atoms with Gasteiger partial charge >= 0.3 is 6.18 Å². The maximum Gasteiger partial charge on any atom is 0.426 e. The van der Waals surface area contributed by atoms with Crippen LogP contribution in [0.4, 0.5) is 22.0 Å². The van der Waals surface area contributed by atoms with Gasteiger partial charge in [0.05, 0.1) is 0 Å². The molecule has 1 aliphatic carbocycles. The standard InChI is InChI=1S/C25H26F5NO2/c1-15(32)22(33)31-12-11-24(14-16-3-7-19(26)8-4-16)20-9-6-18(23(2,27)25(28,29)30)13-17(20)5-10-21(24)31/h3-4,6-9,13,15,21,32H,5,10-12,14H2,1-2H3/t15?,21-,23?,24-/m1/s1. The second kappa shape index (κ2) is 8.08. The molecule has 0 radical (unpaired) electrons. The lowest BCUT2D eigenvalue weighted by Gasteiger charge is -2.44. The Bertz CT molecular complexity index is 1050. The van der Waals surface area contributed by atoms with Crippen molar-refractivity contribution in [1.29, 1.82) is 0 Å². The molecule has 1 N–H and O–H groups in total. The van der Waals surface area contributed by atoms with Crippen molar-refractivity contribution in [3.05, 3.63) is 70.5 Å². The van der Waals surface area contributed by atoms with E-state index in [4.69, 9.17) is 0 Å². The molecule has 3 nitrogen and oxygen atoms in total. The highest BCUT2D eigenvalue weighted by Crippen LogP contribution is 2.51. The quantitative estimate of drug-likeness (QED) is 0.645. The molecule has 2 aromatic carbocycles. The van der Waals surface area contributed by atoms with Crippen molar-refractivity contribution in [3.8, 4) is 0 Å². The molecule has 0 saturated carbocycles. The number of aryl methyl sites for hydroxylation is 1. The molecule has 2 aromatic rings. The molecule has 178 valence electrons. The fourth-order valence-electron chi connectivity index (χ4n) is 5.49. The number of halogens is 5. The summed E-state index contributed by atoms with van der Waals surface area (Å²) in [4.78, 5) is 14.4. The van der Waals surface area contributed by atoms with Gasteiger partial charge in [0.25, 0.3) is 5.91 Å². The summed E-state index contributed by atoms with van der Waals surface area (Å²) < 4.78 is 68.0. The van der Waals surface area contributed by atoms with Gasteiger partial charge in [-0.3, -0.25) is 4.79 Å². The minimum absolute atomic E-state index is 0.276. The second-order valence-electron chi connectivity index (χ2n) is 9.34. The highest BCUT2D eigenvalue weighted by Gasteiger charge is 2.55. The van der Waals surface area contributed by atoms with E-state index in [0.717, 1.165) is 11.1 Å². The number of nitrogens with zero attached hydrogens (tertiary/aromatic N) is 1. The number of alkyl halides is 4. The van der Waals surface area contributed by atoms with Crippen LogP contribution in [0.3, 0.4) is 0 Å². The summed E-state index contributed by atoms with van der Waals surface area (Å²) in [5.41, 5.74) is -2.31. The van der Waals surface area contributed by atoms with E-state index in [1.54, 1.807) is 23.1 Å². The first-order chi connectivity index (χ1) is 15.4. The zero-order chi connectivity index (χ0) is 24.2. The van der Waals surface area contributed by atoms with Gasteiger partial charge in [-0.25, -0.2) is 8.78 Å². The van der Waals surface area contributed by atoms with E-state index in [1.807, 2.05) is 0 Å². The van der Waals surface area contributed by atoms with Gasteiger partial charge < -0.3 is 10.0 Å². The van der Waals surface area contributed by atoms with Crippen LogP contribution < -0.4 is 0 Å². The molecule has 8 heteroatoms. The van der Waals surface area contributed by atoms with Crippen molar-refractivity contribution in [2.24, 2.45) is 0 Å². The van der Waals surface area contributed by atoms with Gasteiger partial charge in [-0.05, 0) is 73.9 Å². The van der Waals surface area contributed by atoms with Crippen molar-refractivity contribution in [2.75, 3.05) is 6.54 Å². The molecule has 1 amide bonds. The van der Waals surface area contributed by atoms with Crippen LogP contribution in [0, 0.1) is 5.82 Å². The molecule has 2 aliphatic rings. The lowest BCUT2D eigenvalue weighted by Crippen LogP contribution is -2.51. The maximum absolute atomic E-state index is 14.7. The number of amides is 1. The average molecular weight is 467 g/mol. The van der Waals surface area contributed by atoms with Crippen molar-refractivity contribution in [2.45, 2.75) is 68.9 Å². The number of likely N-dealkylation sites (tertiary alicyclic amines) is 1. The number of carbonyl (C=O) groups is 1. The summed E-state index contributed by atoms with van der Waals surface area (Å²) in [6.07, 6.45) is -4.37. The second-order valence-corrected chi connectivity index (χ2v) is 9.34. The first kappa shape index (κ1) is 23.7. The third-order valence-electron chi connectivity index (χ3n) is 7.29. The fourth-order valence-corrected chi connectivity index (χ4v) is 5.49. The molecular formula is C25H26F5NO2. The van der Waals surface area contributed by atoms with Crippen molar-refractivity contribution in [1.82, 2.24) is 4.90 Å². The molecule has 1 heterocycles. The van der Waals surface area contributed by atoms with Crippen molar-refractivity contribution in [3.63, 3.8) is 0 Å². The number of hydrogen-bond donors (Lipinski definition) is 1. The maximum atomic E-state index is 14.7. The number of benzene rings is 2. The predicted octanol–water partition coefficient (Wildman–Crippen LogP) is 4.98. The van der Waals surface area contributed by atoms with Gasteiger partial charge in [-0.15, -0.1) is 0 Å². The molecule has 1 aliphatic heterocycles. The Morgan fingerprint density at radius 2 is 1.85 bits per heavy atom. The van der Waals surface area contributed by atoms with Crippen LogP contribution in [0.2, 0.25) is 0 Å². The van der Waals surface area contributed by atoms with E-state index in [0.29, 0.717) is 44.7 Å². The Morgan fingerprint density at radius 1 is 1.18 bits per heavy atom. The van der Waals surface area contributed by atoms with Crippen LogP contribution in [-0.4, -0.2) is 40.8 Å². The molecule has 2 unspecified atom stereocenters. The third-order valence-corrected chi connectivity index (χ3v) is 7.29. The van der Waals surface area contributed by atoms with E-state index < -0.39 is 34.8 Å². The highest BCUT2D eigenvalue weighted by molar-refractivity contribution is 5.81. The van der Waals surface area contributed by atoms with Crippen LogP contribution in [0.1, 0.15) is 48.9 Å². The Morgan fingerprint density at radius 3 is 2.45 bits per heavy atom. The summed E-state index contributed by atoms with van der Waals surface area (Å²) in [6, 6.07) is 9.77. The van der Waals surface area contributed by atoms with Gasteiger partial charge in [-0.2, -0.15) is 13.2 Å². The molecule has 1 fully saturated rings. The summed E-state index contributed by atoms with van der Waals surface area (Å²) in [5, 5.41) is 9.89. The van der Waals surface area contributed by atoms with Gasteiger partial charge in [0.15, 0.2) is 0 Å². The van der Waals surface area contributed by atoms with Gasteiger partial charge in [0, 0.05) is 18.0 Å². The monoisotopic (exact) mass is 467 g/mol. The Balaban J connectivity index is 1.81. The molecule has 4 atom stereocenters. The number of rotatable bonds is 4. The van der Waals surface area contributed by atoms with Crippen LogP contribution in [0.25, 0.3) is 0 Å². The summed E-state index contributed by atoms with van der Waals surface area (Å²) in [7, 11) is 0. The zero-order valence-electron chi connectivity index (χ0n) is 18.4. The van der Waals surface area contributed by atoms with Crippen LogP contribution in [0.15, 0.2) is 42.5 Å². The third kappa shape index (κ3) is 3.92. The molecule has 1 saturated heterocycles. The molecule has 0 spiro atoms. The highest BCUT2D eigenvalue weighted by atomic mass is 19.4. The predicted molar refractivity (Wildman–Crippen MR) is 113 cm³/mol. The minimum Gasteiger partial charge on any atom is -0.384 e. The lowest BCUT2D eigenvalue weighted by molar-refractivity contribution is -0.228. The number of aliphatic hydroxyl groups excluding tert-OH is 1. The summed E-state index contributed by atoms with van der Waals surface area (Å²) >= 11 is 0. The number of carbonyl (C=O) groups excluding carboxylic acids is 1. The van der Waals surface area contributed by atoms with Crippen LogP contribution in [-0.2, 0) is 28.7 Å². The lowest BCUT2D eigenvalue weighted by atomic mass is 9.63. The summed E-state index contributed by atoms with van der Waals surface area (Å²) in [5.74, 6) is -0.775. The number of hydrogen-bond acceptors (Lipinski definition) is 2. The van der Waals surface area contributed by atoms with Crippen LogP contribution in [0.5, 0.6) is 0 Å². The Kier molecular flexibility index (Phi) is 5.79. The minimum atomic E-state index is -5.04. The van der Waals surface area contributed by atoms with E-state index >= 15 is 0 Å². The molecule has 0 aromatic heterocycles. The molecule has 4 rings (SSSR count). The van der Waals surface area contributed by atoms with E-state index in [9.17, 15) is 31.9 Å². The van der Waals surface area contributed by atoms with Gasteiger partial charge in [0.2, 0.25) is 5.67 Å². The van der Waals surface area contributed by atoms with Crippen molar-refractivity contribution < 1.29 is 31.9 Å². The molecule has 0 bridgehead atoms. The van der Waals surface area contributed by atoms with Gasteiger partial charge in [0.1, 0.15) is 11.9 Å². The Labute approximate surface area is 189 Å². The zero-order valence-corrected chi connectivity index (χ0v) is 18.4. The molecular weight excluding hydrogens is 441 g/mol. The van der Waals surface area contributed by atoms with E-state index in [1.165, 1.54) is 31.2 Å². The SMILES string of the molecule is CC(O)C(=O)N1CC[C@@]2(Cc3ccc(F)cc3)c3ccc(C(C)(F)C(F)(F)F)cc3CC[C@@H]12. The topological polar surface area (TPSA) is 40.5 Å². The number of fused-ring (bicyclic) bond motifs is 3. The Hall–Kier alpha value is -2.48.